The summed E-state index contributed by atoms with van der Waals surface area (Å²) in [4.78, 5) is 0. The molecule has 0 aromatic heterocycles. The van der Waals surface area contributed by atoms with E-state index in [0.29, 0.717) is 17.4 Å². The van der Waals surface area contributed by atoms with Crippen molar-refractivity contribution < 1.29 is 31.1 Å². The first-order chi connectivity index (χ1) is 16.7. The Morgan fingerprint density at radius 1 is 0.829 bits per heavy atom. The number of hydrogen-bond donors (Lipinski definition) is 0. The molecule has 0 aliphatic heterocycles. The van der Waals surface area contributed by atoms with Crippen LogP contribution in [0.5, 0.6) is 5.75 Å². The second-order valence-electron chi connectivity index (χ2n) is 10.6. The SMILES string of the molecule is CCCCCCCC1CCC2CC(c3cc(F)c4c(F)c(OC(F)(F)F)c(F)cc4c3)CCC2C1. The van der Waals surface area contributed by atoms with Gasteiger partial charge in [0, 0.05) is 0 Å². The van der Waals surface area contributed by atoms with Crippen LogP contribution in [0.3, 0.4) is 0 Å². The number of alkyl halides is 3. The molecule has 0 amide bonds. The lowest BCUT2D eigenvalue weighted by Gasteiger charge is -2.42. The van der Waals surface area contributed by atoms with Gasteiger partial charge < -0.3 is 4.74 Å². The van der Waals surface area contributed by atoms with Gasteiger partial charge in [-0.25, -0.2) is 13.2 Å². The Labute approximate surface area is 203 Å². The number of halogens is 6. The zero-order chi connectivity index (χ0) is 25.2. The van der Waals surface area contributed by atoms with Gasteiger partial charge in [-0.1, -0.05) is 57.9 Å². The van der Waals surface area contributed by atoms with E-state index in [1.807, 2.05) is 0 Å². The van der Waals surface area contributed by atoms with Crippen molar-refractivity contribution in [1.82, 2.24) is 0 Å². The fourth-order valence-electron chi connectivity index (χ4n) is 6.45. The van der Waals surface area contributed by atoms with Crippen LogP contribution in [0.25, 0.3) is 10.8 Å². The molecule has 2 aromatic carbocycles. The zero-order valence-electron chi connectivity index (χ0n) is 20.2. The molecule has 0 N–H and O–H groups in total. The molecule has 2 aliphatic rings. The Morgan fingerprint density at radius 3 is 2.29 bits per heavy atom. The van der Waals surface area contributed by atoms with Gasteiger partial charge in [0.15, 0.2) is 11.6 Å². The highest BCUT2D eigenvalue weighted by Crippen LogP contribution is 2.49. The molecule has 4 rings (SSSR count). The third-order valence-electron chi connectivity index (χ3n) is 8.19. The molecular formula is C28H34F6O. The van der Waals surface area contributed by atoms with E-state index in [1.54, 1.807) is 0 Å². The molecule has 35 heavy (non-hydrogen) atoms. The lowest BCUT2D eigenvalue weighted by atomic mass is 9.63. The van der Waals surface area contributed by atoms with Gasteiger partial charge in [-0.05, 0) is 78.9 Å². The fraction of sp³-hybridized carbons (Fsp3) is 0.643. The fourth-order valence-corrected chi connectivity index (χ4v) is 6.45. The number of hydrogen-bond acceptors (Lipinski definition) is 1. The van der Waals surface area contributed by atoms with Gasteiger partial charge in [0.05, 0.1) is 5.39 Å². The minimum atomic E-state index is -5.28. The van der Waals surface area contributed by atoms with Gasteiger partial charge in [0.1, 0.15) is 5.82 Å². The van der Waals surface area contributed by atoms with Crippen molar-refractivity contribution in [3.05, 3.63) is 41.2 Å². The number of unbranched alkanes of at least 4 members (excludes halogenated alkanes) is 4. The van der Waals surface area contributed by atoms with Gasteiger partial charge >= 0.3 is 6.36 Å². The van der Waals surface area contributed by atoms with Crippen molar-refractivity contribution in [2.75, 3.05) is 0 Å². The monoisotopic (exact) mass is 500 g/mol. The summed E-state index contributed by atoms with van der Waals surface area (Å²) < 4.78 is 84.8. The molecule has 0 bridgehead atoms. The molecule has 1 nitrogen and oxygen atoms in total. The zero-order valence-corrected chi connectivity index (χ0v) is 20.2. The van der Waals surface area contributed by atoms with Crippen LogP contribution in [0.15, 0.2) is 18.2 Å². The molecule has 0 radical (unpaired) electrons. The van der Waals surface area contributed by atoms with Gasteiger partial charge in [0.2, 0.25) is 5.75 Å². The number of fused-ring (bicyclic) bond motifs is 2. The van der Waals surface area contributed by atoms with Gasteiger partial charge in [-0.2, -0.15) is 0 Å². The van der Waals surface area contributed by atoms with Crippen LogP contribution in [0.4, 0.5) is 26.3 Å². The van der Waals surface area contributed by atoms with Crippen LogP contribution in [0.2, 0.25) is 0 Å². The van der Waals surface area contributed by atoms with E-state index in [1.165, 1.54) is 63.5 Å². The van der Waals surface area contributed by atoms with Crippen LogP contribution in [-0.4, -0.2) is 6.36 Å². The highest BCUT2D eigenvalue weighted by molar-refractivity contribution is 5.86. The smallest absolute Gasteiger partial charge is 0.399 e. The van der Waals surface area contributed by atoms with Crippen molar-refractivity contribution in [3.63, 3.8) is 0 Å². The first-order valence-corrected chi connectivity index (χ1v) is 13.0. The van der Waals surface area contributed by atoms with E-state index in [9.17, 15) is 26.3 Å². The molecule has 0 saturated heterocycles. The van der Waals surface area contributed by atoms with Crippen LogP contribution < -0.4 is 4.74 Å². The summed E-state index contributed by atoms with van der Waals surface area (Å²) in [5, 5.41) is -0.763. The van der Waals surface area contributed by atoms with Crippen molar-refractivity contribution >= 4 is 10.8 Å². The predicted molar refractivity (Wildman–Crippen MR) is 125 cm³/mol. The number of benzene rings is 2. The lowest BCUT2D eigenvalue weighted by Crippen LogP contribution is -2.30. The Hall–Kier alpha value is -1.92. The van der Waals surface area contributed by atoms with Crippen LogP contribution in [0.1, 0.15) is 95.5 Å². The van der Waals surface area contributed by atoms with Crippen molar-refractivity contribution in [1.29, 1.82) is 0 Å². The normalized spacial score (nSPS) is 25.0. The Kier molecular flexibility index (Phi) is 8.22. The maximum atomic E-state index is 14.9. The van der Waals surface area contributed by atoms with E-state index in [0.717, 1.165) is 37.7 Å². The summed E-state index contributed by atoms with van der Waals surface area (Å²) in [6.45, 7) is 2.23. The summed E-state index contributed by atoms with van der Waals surface area (Å²) >= 11 is 0. The van der Waals surface area contributed by atoms with Crippen LogP contribution in [-0.2, 0) is 0 Å². The topological polar surface area (TPSA) is 9.23 Å². The minimum absolute atomic E-state index is 0.0815. The quantitative estimate of drug-likeness (QED) is 0.259. The van der Waals surface area contributed by atoms with Crippen LogP contribution >= 0.6 is 0 Å². The number of rotatable bonds is 8. The number of ether oxygens (including phenoxy) is 1. The first kappa shape index (κ1) is 26.2. The van der Waals surface area contributed by atoms with Gasteiger partial charge in [0.25, 0.3) is 0 Å². The van der Waals surface area contributed by atoms with E-state index < -0.39 is 34.9 Å². The predicted octanol–water partition coefficient (Wildman–Crippen LogP) is 9.82. The molecule has 4 unspecified atom stereocenters. The maximum Gasteiger partial charge on any atom is 0.573 e. The van der Waals surface area contributed by atoms with E-state index in [4.69, 9.17) is 0 Å². The molecule has 4 atom stereocenters. The molecule has 7 heteroatoms. The average molecular weight is 501 g/mol. The summed E-state index contributed by atoms with van der Waals surface area (Å²) in [6.07, 6.45) is 9.06. The highest BCUT2D eigenvalue weighted by atomic mass is 19.4. The summed E-state index contributed by atoms with van der Waals surface area (Å²) in [5.41, 5.74) is 0.662. The second-order valence-corrected chi connectivity index (χ2v) is 10.6. The van der Waals surface area contributed by atoms with Crippen LogP contribution in [0, 0.1) is 35.2 Å². The van der Waals surface area contributed by atoms with E-state index in [2.05, 4.69) is 11.7 Å². The molecule has 0 spiro atoms. The van der Waals surface area contributed by atoms with Gasteiger partial charge in [-0.15, -0.1) is 13.2 Å². The third kappa shape index (κ3) is 6.26. The van der Waals surface area contributed by atoms with Crippen molar-refractivity contribution in [3.8, 4) is 5.75 Å². The molecule has 2 aromatic rings. The van der Waals surface area contributed by atoms with E-state index in [-0.39, 0.29) is 11.3 Å². The Bertz CT molecular complexity index is 1020. The largest absolute Gasteiger partial charge is 0.573 e. The minimum Gasteiger partial charge on any atom is -0.399 e. The highest BCUT2D eigenvalue weighted by Gasteiger charge is 2.37. The first-order valence-electron chi connectivity index (χ1n) is 13.0. The van der Waals surface area contributed by atoms with Crippen molar-refractivity contribution in [2.45, 2.75) is 96.3 Å². The van der Waals surface area contributed by atoms with Crippen molar-refractivity contribution in [2.24, 2.45) is 17.8 Å². The standard InChI is InChI=1S/C28H34F6O/c1-2-3-4-5-6-7-17-8-9-19-13-20(11-10-18(19)12-17)21-14-22-16-24(30)27(35-28(32,33)34)26(31)25(22)23(29)15-21/h14-20H,2-13H2,1H3. The molecule has 194 valence electrons. The lowest BCUT2D eigenvalue weighted by molar-refractivity contribution is -0.276. The summed E-state index contributed by atoms with van der Waals surface area (Å²) in [7, 11) is 0. The van der Waals surface area contributed by atoms with E-state index >= 15 is 0 Å². The Morgan fingerprint density at radius 2 is 1.54 bits per heavy atom. The van der Waals surface area contributed by atoms with Gasteiger partial charge in [-0.3, -0.25) is 0 Å². The molecule has 2 saturated carbocycles. The average Bonchev–Trinajstić information content (AvgIpc) is 2.80. The summed E-state index contributed by atoms with van der Waals surface area (Å²) in [5.74, 6) is -3.65. The molecule has 2 fully saturated rings. The second kappa shape index (κ2) is 11.0. The Balaban J connectivity index is 1.43. The maximum absolute atomic E-state index is 14.9. The third-order valence-corrected chi connectivity index (χ3v) is 8.19. The molecule has 0 heterocycles. The summed E-state index contributed by atoms with van der Waals surface area (Å²) in [6, 6.07) is 3.45. The molecule has 2 aliphatic carbocycles. The molecular weight excluding hydrogens is 466 g/mol.